The molecule has 0 radical (unpaired) electrons. The van der Waals surface area contributed by atoms with E-state index in [0.717, 1.165) is 12.8 Å². The molecule has 7 heteroatoms. The molecule has 1 atom stereocenters. The van der Waals surface area contributed by atoms with E-state index in [2.05, 4.69) is 16.9 Å². The van der Waals surface area contributed by atoms with E-state index in [0.29, 0.717) is 36.0 Å². The van der Waals surface area contributed by atoms with Crippen molar-refractivity contribution in [3.8, 4) is 5.75 Å². The fraction of sp³-hybridized carbons (Fsp3) is 0.500. The fourth-order valence-electron chi connectivity index (χ4n) is 2.97. The maximum absolute atomic E-state index is 13.1. The van der Waals surface area contributed by atoms with Crippen molar-refractivity contribution in [3.05, 3.63) is 24.0 Å². The molecule has 124 valence electrons. The van der Waals surface area contributed by atoms with E-state index in [1.165, 1.54) is 13.2 Å². The summed E-state index contributed by atoms with van der Waals surface area (Å²) in [5.74, 6) is 0.159. The molecule has 1 fully saturated rings. The Kier molecular flexibility index (Phi) is 4.04. The normalized spacial score (nSPS) is 19.2. The number of halogens is 3. The molecule has 1 saturated heterocycles. The lowest BCUT2D eigenvalue weighted by Gasteiger charge is -2.32. The second-order valence-corrected chi connectivity index (χ2v) is 5.95. The lowest BCUT2D eigenvalue weighted by molar-refractivity contribution is -0.144. The molecule has 0 spiro atoms. The zero-order chi connectivity index (χ0) is 16.6. The molecule has 4 nitrogen and oxygen atoms in total. The van der Waals surface area contributed by atoms with Crippen molar-refractivity contribution in [2.45, 2.75) is 25.9 Å². The molecule has 0 aliphatic carbocycles. The van der Waals surface area contributed by atoms with E-state index in [4.69, 9.17) is 4.74 Å². The third-order valence-electron chi connectivity index (χ3n) is 4.09. The van der Waals surface area contributed by atoms with Gasteiger partial charge in [0.1, 0.15) is 11.6 Å². The van der Waals surface area contributed by atoms with Gasteiger partial charge in [0.25, 0.3) is 0 Å². The molecule has 2 aromatic rings. The summed E-state index contributed by atoms with van der Waals surface area (Å²) < 4.78 is 44.5. The summed E-state index contributed by atoms with van der Waals surface area (Å²) in [6, 6.07) is 4.96. The van der Waals surface area contributed by atoms with Gasteiger partial charge in [-0.1, -0.05) is 6.92 Å². The molecule has 2 heterocycles. The monoisotopic (exact) mass is 325 g/mol. The second-order valence-electron chi connectivity index (χ2n) is 5.95. The first-order valence-electron chi connectivity index (χ1n) is 7.56. The molecule has 1 unspecified atom stereocenters. The maximum Gasteiger partial charge on any atom is 0.451 e. The maximum atomic E-state index is 13.1. The fourth-order valence-corrected chi connectivity index (χ4v) is 2.97. The van der Waals surface area contributed by atoms with Gasteiger partial charge in [0.2, 0.25) is 5.82 Å². The minimum atomic E-state index is -4.58. The molecular weight excluding hydrogens is 307 g/mol. The smallest absolute Gasteiger partial charge is 0.451 e. The molecule has 0 saturated carbocycles. The summed E-state index contributed by atoms with van der Waals surface area (Å²) in [5.41, 5.74) is 0.250. The summed E-state index contributed by atoms with van der Waals surface area (Å²) >= 11 is 0. The molecule has 1 aromatic heterocycles. The molecule has 1 aromatic carbocycles. The van der Waals surface area contributed by atoms with Gasteiger partial charge in [-0.2, -0.15) is 13.2 Å². The van der Waals surface area contributed by atoms with Crippen LogP contribution in [0.3, 0.4) is 0 Å². The minimum absolute atomic E-state index is 0.250. The number of methoxy groups -OCH3 is 1. The number of alkyl halides is 3. The molecule has 0 bridgehead atoms. The number of benzene rings is 1. The number of piperidine rings is 1. The number of rotatable bonds is 2. The van der Waals surface area contributed by atoms with Crippen LogP contribution in [-0.4, -0.2) is 30.2 Å². The highest BCUT2D eigenvalue weighted by atomic mass is 19.4. The average molecular weight is 325 g/mol. The highest BCUT2D eigenvalue weighted by Gasteiger charge is 2.36. The van der Waals surface area contributed by atoms with Crippen LogP contribution in [0, 0.1) is 5.92 Å². The molecular formula is C16H18F3N3O. The first kappa shape index (κ1) is 15.8. The number of anilines is 1. The van der Waals surface area contributed by atoms with E-state index in [1.54, 1.807) is 12.1 Å². The van der Waals surface area contributed by atoms with Crippen LogP contribution in [0.1, 0.15) is 25.6 Å². The number of hydrogen-bond donors (Lipinski definition) is 0. The Hall–Kier alpha value is -2.05. The quantitative estimate of drug-likeness (QED) is 0.839. The Morgan fingerprint density at radius 2 is 2.04 bits per heavy atom. The van der Waals surface area contributed by atoms with Gasteiger partial charge in [0.05, 0.1) is 12.6 Å². The van der Waals surface area contributed by atoms with Crippen LogP contribution in [0.15, 0.2) is 18.2 Å². The third-order valence-corrected chi connectivity index (χ3v) is 4.09. The van der Waals surface area contributed by atoms with Crippen LogP contribution in [0.4, 0.5) is 19.0 Å². The lowest BCUT2D eigenvalue weighted by Crippen LogP contribution is -2.35. The molecule has 23 heavy (non-hydrogen) atoms. The van der Waals surface area contributed by atoms with Crippen molar-refractivity contribution in [3.63, 3.8) is 0 Å². The zero-order valence-electron chi connectivity index (χ0n) is 13.0. The van der Waals surface area contributed by atoms with Gasteiger partial charge in [-0.25, -0.2) is 9.97 Å². The summed E-state index contributed by atoms with van der Waals surface area (Å²) in [6.07, 6.45) is -2.54. The summed E-state index contributed by atoms with van der Waals surface area (Å²) in [6.45, 7) is 3.51. The summed E-state index contributed by atoms with van der Waals surface area (Å²) in [4.78, 5) is 9.45. The molecule has 3 rings (SSSR count). The number of nitrogens with zero attached hydrogens (tertiary/aromatic N) is 3. The predicted octanol–water partition coefficient (Wildman–Crippen LogP) is 3.89. The largest absolute Gasteiger partial charge is 0.497 e. The Labute approximate surface area is 132 Å². The van der Waals surface area contributed by atoms with Crippen molar-refractivity contribution in [2.75, 3.05) is 25.1 Å². The van der Waals surface area contributed by atoms with Crippen LogP contribution in [-0.2, 0) is 6.18 Å². The third kappa shape index (κ3) is 3.18. The van der Waals surface area contributed by atoms with Gasteiger partial charge in [-0.15, -0.1) is 0 Å². The van der Waals surface area contributed by atoms with E-state index in [1.807, 2.05) is 4.90 Å². The number of ether oxygens (including phenoxy) is 1. The zero-order valence-corrected chi connectivity index (χ0v) is 13.0. The first-order valence-corrected chi connectivity index (χ1v) is 7.56. The highest BCUT2D eigenvalue weighted by molar-refractivity contribution is 5.90. The van der Waals surface area contributed by atoms with Gasteiger partial charge in [-0.05, 0) is 30.9 Å². The van der Waals surface area contributed by atoms with Crippen molar-refractivity contribution < 1.29 is 17.9 Å². The highest BCUT2D eigenvalue weighted by Crippen LogP contribution is 2.34. The molecule has 0 amide bonds. The number of hydrogen-bond acceptors (Lipinski definition) is 4. The van der Waals surface area contributed by atoms with E-state index in [-0.39, 0.29) is 5.52 Å². The molecule has 1 aliphatic rings. The van der Waals surface area contributed by atoms with Crippen LogP contribution < -0.4 is 9.64 Å². The number of fused-ring (bicyclic) bond motifs is 1. The van der Waals surface area contributed by atoms with E-state index in [9.17, 15) is 13.2 Å². The summed E-state index contributed by atoms with van der Waals surface area (Å²) in [7, 11) is 1.47. The average Bonchev–Trinajstić information content (AvgIpc) is 2.52. The first-order chi connectivity index (χ1) is 10.9. The van der Waals surface area contributed by atoms with Crippen LogP contribution in [0.2, 0.25) is 0 Å². The second kappa shape index (κ2) is 5.86. The van der Waals surface area contributed by atoms with Crippen LogP contribution in [0.5, 0.6) is 5.75 Å². The van der Waals surface area contributed by atoms with E-state index < -0.39 is 12.0 Å². The van der Waals surface area contributed by atoms with Gasteiger partial charge in [0, 0.05) is 24.5 Å². The van der Waals surface area contributed by atoms with Crippen molar-refractivity contribution in [1.29, 1.82) is 0 Å². The Morgan fingerprint density at radius 1 is 1.26 bits per heavy atom. The van der Waals surface area contributed by atoms with Crippen molar-refractivity contribution >= 4 is 16.7 Å². The Bertz CT molecular complexity index is 718. The Balaban J connectivity index is 2.17. The van der Waals surface area contributed by atoms with E-state index >= 15 is 0 Å². The minimum Gasteiger partial charge on any atom is -0.497 e. The summed E-state index contributed by atoms with van der Waals surface area (Å²) in [5, 5.41) is 0.618. The van der Waals surface area contributed by atoms with Gasteiger partial charge >= 0.3 is 6.18 Å². The number of aromatic nitrogens is 2. The standard InChI is InChI=1S/C16H18F3N3O/c1-10-4-3-7-22(9-10)14-12-6-5-11(23-2)8-13(12)20-15(21-14)16(17,18)19/h5-6,8,10H,3-4,7,9H2,1-2H3. The van der Waals surface area contributed by atoms with Crippen molar-refractivity contribution in [2.24, 2.45) is 5.92 Å². The lowest BCUT2D eigenvalue weighted by atomic mass is 10.00. The van der Waals surface area contributed by atoms with Gasteiger partial charge in [0.15, 0.2) is 0 Å². The molecule has 1 aliphatic heterocycles. The Morgan fingerprint density at radius 3 is 2.70 bits per heavy atom. The predicted molar refractivity (Wildman–Crippen MR) is 81.7 cm³/mol. The van der Waals surface area contributed by atoms with Crippen molar-refractivity contribution in [1.82, 2.24) is 9.97 Å². The van der Waals surface area contributed by atoms with Gasteiger partial charge < -0.3 is 9.64 Å². The SMILES string of the molecule is COc1ccc2c(N3CCCC(C)C3)nc(C(F)(F)F)nc2c1. The molecule has 0 N–H and O–H groups in total. The van der Waals surface area contributed by atoms with Crippen LogP contribution >= 0.6 is 0 Å². The topological polar surface area (TPSA) is 38.2 Å². The van der Waals surface area contributed by atoms with Crippen LogP contribution in [0.25, 0.3) is 10.9 Å². The van der Waals surface area contributed by atoms with Gasteiger partial charge in [-0.3, -0.25) is 0 Å².